The van der Waals surface area contributed by atoms with E-state index in [0.29, 0.717) is 12.1 Å². The summed E-state index contributed by atoms with van der Waals surface area (Å²) in [6.45, 7) is 9.92. The number of likely N-dealkylation sites (N-methyl/N-ethyl adjacent to an activating group) is 1. The molecule has 0 amide bonds. The normalized spacial score (nSPS) is 24.0. The van der Waals surface area contributed by atoms with Crippen LogP contribution >= 0.6 is 0 Å². The van der Waals surface area contributed by atoms with Gasteiger partial charge in [-0.25, -0.2) is 0 Å². The van der Waals surface area contributed by atoms with Crippen molar-refractivity contribution in [3.8, 4) is 0 Å². The van der Waals surface area contributed by atoms with Crippen LogP contribution in [0.25, 0.3) is 0 Å². The van der Waals surface area contributed by atoms with Crippen LogP contribution in [0.15, 0.2) is 18.2 Å². The van der Waals surface area contributed by atoms with E-state index in [4.69, 9.17) is 0 Å². The predicted octanol–water partition coefficient (Wildman–Crippen LogP) is 2.03. The van der Waals surface area contributed by atoms with Crippen LogP contribution < -0.4 is 10.2 Å². The molecule has 1 aromatic carbocycles. The van der Waals surface area contributed by atoms with Crippen LogP contribution in [0, 0.1) is 13.8 Å². The van der Waals surface area contributed by atoms with Crippen LogP contribution in [0.1, 0.15) is 18.1 Å². The van der Waals surface area contributed by atoms with Crippen LogP contribution in [-0.4, -0.2) is 50.7 Å². The van der Waals surface area contributed by atoms with Crippen LogP contribution in [0.5, 0.6) is 0 Å². The quantitative estimate of drug-likeness (QED) is 0.898. The van der Waals surface area contributed by atoms with Crippen molar-refractivity contribution in [2.75, 3.05) is 38.6 Å². The van der Waals surface area contributed by atoms with Crippen molar-refractivity contribution < 1.29 is 0 Å². The van der Waals surface area contributed by atoms with Gasteiger partial charge in [-0.1, -0.05) is 17.7 Å². The van der Waals surface area contributed by atoms with E-state index < -0.39 is 0 Å². The Balaban J connectivity index is 2.30. The Kier molecular flexibility index (Phi) is 4.48. The van der Waals surface area contributed by atoms with Crippen LogP contribution in [-0.2, 0) is 0 Å². The van der Waals surface area contributed by atoms with Crippen LogP contribution in [0.3, 0.4) is 0 Å². The zero-order valence-corrected chi connectivity index (χ0v) is 12.9. The van der Waals surface area contributed by atoms with Gasteiger partial charge in [0.1, 0.15) is 0 Å². The zero-order valence-electron chi connectivity index (χ0n) is 12.9. The molecule has 2 rings (SSSR count). The molecule has 0 bridgehead atoms. The van der Waals surface area contributed by atoms with E-state index in [1.807, 2.05) is 0 Å². The number of hydrogen-bond acceptors (Lipinski definition) is 3. The van der Waals surface area contributed by atoms with Gasteiger partial charge in [0.05, 0.1) is 6.04 Å². The number of rotatable bonds is 3. The Morgan fingerprint density at radius 1 is 1.26 bits per heavy atom. The first-order valence-electron chi connectivity index (χ1n) is 7.20. The molecule has 2 atom stereocenters. The van der Waals surface area contributed by atoms with Crippen LogP contribution in [0.2, 0.25) is 0 Å². The van der Waals surface area contributed by atoms with E-state index in [1.54, 1.807) is 0 Å². The fraction of sp³-hybridized carbons (Fsp3) is 0.625. The fourth-order valence-corrected chi connectivity index (χ4v) is 3.12. The van der Waals surface area contributed by atoms with E-state index >= 15 is 0 Å². The summed E-state index contributed by atoms with van der Waals surface area (Å²) in [4.78, 5) is 4.88. The first-order chi connectivity index (χ1) is 8.99. The number of hydrogen-bond donors (Lipinski definition) is 1. The van der Waals surface area contributed by atoms with Gasteiger partial charge >= 0.3 is 0 Å². The van der Waals surface area contributed by atoms with Crippen molar-refractivity contribution in [1.82, 2.24) is 10.2 Å². The molecule has 106 valence electrons. The Bertz CT molecular complexity index is 428. The third-order valence-corrected chi connectivity index (χ3v) is 3.89. The summed E-state index contributed by atoms with van der Waals surface area (Å²) in [6.07, 6.45) is 0. The third-order valence-electron chi connectivity index (χ3n) is 3.89. The fourth-order valence-electron chi connectivity index (χ4n) is 3.12. The maximum Gasteiger partial charge on any atom is 0.0544 e. The molecular weight excluding hydrogens is 234 g/mol. The second-order valence-corrected chi connectivity index (χ2v) is 6.12. The molecule has 0 aliphatic carbocycles. The van der Waals surface area contributed by atoms with Crippen molar-refractivity contribution in [3.05, 3.63) is 29.3 Å². The average molecular weight is 261 g/mol. The molecular formula is C16H27N3. The lowest BCUT2D eigenvalue weighted by molar-refractivity contribution is 0.315. The van der Waals surface area contributed by atoms with E-state index in [1.165, 1.54) is 16.8 Å². The van der Waals surface area contributed by atoms with Crippen molar-refractivity contribution in [3.63, 3.8) is 0 Å². The highest BCUT2D eigenvalue weighted by atomic mass is 15.3. The molecule has 3 nitrogen and oxygen atoms in total. The number of anilines is 1. The van der Waals surface area contributed by atoms with Gasteiger partial charge in [-0.2, -0.15) is 0 Å². The second-order valence-electron chi connectivity index (χ2n) is 6.12. The largest absolute Gasteiger partial charge is 0.362 e. The summed E-state index contributed by atoms with van der Waals surface area (Å²) in [7, 11) is 4.30. The summed E-state index contributed by atoms with van der Waals surface area (Å²) in [5, 5.41) is 3.55. The molecule has 0 saturated carbocycles. The second kappa shape index (κ2) is 5.93. The van der Waals surface area contributed by atoms with Gasteiger partial charge in [0, 0.05) is 31.4 Å². The van der Waals surface area contributed by atoms with Gasteiger partial charge in [0.15, 0.2) is 0 Å². The molecule has 0 radical (unpaired) electrons. The molecule has 0 spiro atoms. The number of nitrogens with zero attached hydrogens (tertiary/aromatic N) is 2. The molecule has 0 aromatic heterocycles. The van der Waals surface area contributed by atoms with E-state index in [2.05, 4.69) is 68.2 Å². The van der Waals surface area contributed by atoms with Gasteiger partial charge in [-0.3, -0.25) is 0 Å². The van der Waals surface area contributed by atoms with Gasteiger partial charge in [-0.05, 0) is 46.5 Å². The maximum atomic E-state index is 3.55. The van der Waals surface area contributed by atoms with Gasteiger partial charge in [0.2, 0.25) is 0 Å². The minimum atomic E-state index is 0.542. The minimum Gasteiger partial charge on any atom is -0.362 e. The summed E-state index contributed by atoms with van der Waals surface area (Å²) >= 11 is 0. The van der Waals surface area contributed by atoms with E-state index in [-0.39, 0.29) is 0 Å². The van der Waals surface area contributed by atoms with E-state index in [0.717, 1.165) is 19.6 Å². The number of aryl methyl sites for hydroxylation is 2. The van der Waals surface area contributed by atoms with E-state index in [9.17, 15) is 0 Å². The first-order valence-corrected chi connectivity index (χ1v) is 7.20. The monoisotopic (exact) mass is 261 g/mol. The summed E-state index contributed by atoms with van der Waals surface area (Å²) in [5.74, 6) is 0. The van der Waals surface area contributed by atoms with Crippen molar-refractivity contribution in [2.45, 2.75) is 32.9 Å². The van der Waals surface area contributed by atoms with Gasteiger partial charge in [-0.15, -0.1) is 0 Å². The predicted molar refractivity (Wildman–Crippen MR) is 83.1 cm³/mol. The smallest absolute Gasteiger partial charge is 0.0544 e. The standard InChI is InChI=1S/C16H27N3/c1-12-6-7-16(13(2)8-12)19-14(3)9-17-10-15(19)11-18(4)5/h6-8,14-15,17H,9-11H2,1-5H3. The SMILES string of the molecule is Cc1ccc(N2C(C)CNCC2CN(C)C)c(C)c1. The Hall–Kier alpha value is -1.06. The van der Waals surface area contributed by atoms with Gasteiger partial charge in [0.25, 0.3) is 0 Å². The molecule has 19 heavy (non-hydrogen) atoms. The Morgan fingerprint density at radius 2 is 2.00 bits per heavy atom. The Labute approximate surface area is 117 Å². The molecule has 1 aliphatic rings. The lowest BCUT2D eigenvalue weighted by Gasteiger charge is -2.44. The maximum absolute atomic E-state index is 3.55. The molecule has 1 saturated heterocycles. The lowest BCUT2D eigenvalue weighted by atomic mass is 10.0. The number of piperazine rings is 1. The third kappa shape index (κ3) is 3.28. The highest BCUT2D eigenvalue weighted by Gasteiger charge is 2.28. The highest BCUT2D eigenvalue weighted by Crippen LogP contribution is 2.26. The van der Waals surface area contributed by atoms with Gasteiger partial charge < -0.3 is 15.1 Å². The first kappa shape index (κ1) is 14.4. The molecule has 3 heteroatoms. The zero-order chi connectivity index (χ0) is 14.0. The number of benzene rings is 1. The summed E-state index contributed by atoms with van der Waals surface area (Å²) in [6, 6.07) is 7.88. The molecule has 1 aromatic rings. The topological polar surface area (TPSA) is 18.5 Å². The number of nitrogens with one attached hydrogen (secondary N) is 1. The lowest BCUT2D eigenvalue weighted by Crippen LogP contribution is -2.59. The molecule has 2 unspecified atom stereocenters. The minimum absolute atomic E-state index is 0.542. The molecule has 1 fully saturated rings. The van der Waals surface area contributed by atoms with Crippen molar-refractivity contribution in [1.29, 1.82) is 0 Å². The van der Waals surface area contributed by atoms with Crippen molar-refractivity contribution in [2.24, 2.45) is 0 Å². The Morgan fingerprint density at radius 3 is 2.63 bits per heavy atom. The van der Waals surface area contributed by atoms with Crippen molar-refractivity contribution >= 4 is 5.69 Å². The molecule has 1 aliphatic heterocycles. The molecule has 1 heterocycles. The molecule has 1 N–H and O–H groups in total. The average Bonchev–Trinajstić information content (AvgIpc) is 2.30. The summed E-state index contributed by atoms with van der Waals surface area (Å²) in [5.41, 5.74) is 4.12. The highest BCUT2D eigenvalue weighted by molar-refractivity contribution is 5.56. The summed E-state index contributed by atoms with van der Waals surface area (Å²) < 4.78 is 0. The van der Waals surface area contributed by atoms with Crippen LogP contribution in [0.4, 0.5) is 5.69 Å².